The maximum Gasteiger partial charge on any atom is 0.124 e. The fraction of sp³-hybridized carbons (Fsp3) is 0.438. The lowest BCUT2D eigenvalue weighted by atomic mass is 10.1. The molecule has 0 amide bonds. The van der Waals surface area contributed by atoms with Crippen LogP contribution in [0.5, 0.6) is 5.75 Å². The van der Waals surface area contributed by atoms with Gasteiger partial charge in [0.25, 0.3) is 0 Å². The molecule has 0 radical (unpaired) electrons. The van der Waals surface area contributed by atoms with E-state index in [1.807, 2.05) is 32.2 Å². The minimum Gasteiger partial charge on any atom is -0.494 e. The molecule has 0 saturated carbocycles. The molecule has 1 N–H and O–H groups in total. The van der Waals surface area contributed by atoms with E-state index >= 15 is 0 Å². The van der Waals surface area contributed by atoms with Gasteiger partial charge in [-0.05, 0) is 33.4 Å². The van der Waals surface area contributed by atoms with Crippen molar-refractivity contribution >= 4 is 11.3 Å². The Morgan fingerprint density at radius 3 is 2.65 bits per heavy atom. The molecule has 0 fully saturated rings. The number of rotatable bonds is 6. The van der Waals surface area contributed by atoms with Crippen molar-refractivity contribution in [3.8, 4) is 5.75 Å². The SMILES string of the molecule is CCOc1ccccc1C(NC)c1nc(CC)c(C)s1. The molecule has 1 aromatic carbocycles. The number of hydrogen-bond donors (Lipinski definition) is 1. The van der Waals surface area contributed by atoms with Crippen molar-refractivity contribution in [1.29, 1.82) is 0 Å². The topological polar surface area (TPSA) is 34.1 Å². The van der Waals surface area contributed by atoms with Crippen molar-refractivity contribution in [1.82, 2.24) is 10.3 Å². The number of aromatic nitrogens is 1. The van der Waals surface area contributed by atoms with Crippen LogP contribution in [-0.4, -0.2) is 18.6 Å². The zero-order valence-electron chi connectivity index (χ0n) is 12.6. The Morgan fingerprint density at radius 2 is 2.05 bits per heavy atom. The second-order valence-electron chi connectivity index (χ2n) is 4.60. The average molecular weight is 290 g/mol. The molecule has 2 aromatic rings. The van der Waals surface area contributed by atoms with Gasteiger partial charge in [-0.1, -0.05) is 25.1 Å². The normalized spacial score (nSPS) is 12.4. The van der Waals surface area contributed by atoms with Crippen molar-refractivity contribution in [3.63, 3.8) is 0 Å². The van der Waals surface area contributed by atoms with Crippen LogP contribution in [-0.2, 0) is 6.42 Å². The number of ether oxygens (including phenoxy) is 1. The van der Waals surface area contributed by atoms with E-state index in [0.29, 0.717) is 6.61 Å². The Bertz CT molecular complexity index is 565. The number of thiazole rings is 1. The minimum atomic E-state index is 0.0850. The molecule has 1 aromatic heterocycles. The number of nitrogens with zero attached hydrogens (tertiary/aromatic N) is 1. The molecular weight excluding hydrogens is 268 g/mol. The molecule has 1 atom stereocenters. The van der Waals surface area contributed by atoms with Gasteiger partial charge in [-0.2, -0.15) is 0 Å². The van der Waals surface area contributed by atoms with Crippen LogP contribution in [0.1, 0.15) is 41.0 Å². The summed E-state index contributed by atoms with van der Waals surface area (Å²) in [6, 6.07) is 8.26. The minimum absolute atomic E-state index is 0.0850. The van der Waals surface area contributed by atoms with E-state index < -0.39 is 0 Å². The van der Waals surface area contributed by atoms with Crippen molar-refractivity contribution in [2.45, 2.75) is 33.2 Å². The summed E-state index contributed by atoms with van der Waals surface area (Å²) in [6.45, 7) is 6.97. The fourth-order valence-electron chi connectivity index (χ4n) is 2.32. The van der Waals surface area contributed by atoms with Crippen molar-refractivity contribution < 1.29 is 4.74 Å². The summed E-state index contributed by atoms with van der Waals surface area (Å²) in [7, 11) is 1.97. The molecule has 3 nitrogen and oxygen atoms in total. The molecule has 0 spiro atoms. The van der Waals surface area contributed by atoms with E-state index in [-0.39, 0.29) is 6.04 Å². The highest BCUT2D eigenvalue weighted by Gasteiger charge is 2.20. The summed E-state index contributed by atoms with van der Waals surface area (Å²) in [6.07, 6.45) is 0.978. The lowest BCUT2D eigenvalue weighted by Gasteiger charge is -2.17. The van der Waals surface area contributed by atoms with Crippen molar-refractivity contribution in [2.24, 2.45) is 0 Å². The number of nitrogens with one attached hydrogen (secondary N) is 1. The Kier molecular flexibility index (Phi) is 5.15. The van der Waals surface area contributed by atoms with Crippen LogP contribution in [0.15, 0.2) is 24.3 Å². The van der Waals surface area contributed by atoms with E-state index in [2.05, 4.69) is 25.2 Å². The van der Waals surface area contributed by atoms with Crippen molar-refractivity contribution in [2.75, 3.05) is 13.7 Å². The first kappa shape index (κ1) is 15.0. The van der Waals surface area contributed by atoms with Gasteiger partial charge < -0.3 is 10.1 Å². The highest BCUT2D eigenvalue weighted by atomic mass is 32.1. The summed E-state index contributed by atoms with van der Waals surface area (Å²) in [5, 5.41) is 4.47. The van der Waals surface area contributed by atoms with E-state index in [4.69, 9.17) is 9.72 Å². The standard InChI is InChI=1S/C16H22N2OS/c1-5-13-11(3)20-16(18-13)15(17-4)12-9-7-8-10-14(12)19-6-2/h7-10,15,17H,5-6H2,1-4H3. The molecule has 0 bridgehead atoms. The van der Waals surface area contributed by atoms with Gasteiger partial charge >= 0.3 is 0 Å². The van der Waals surface area contributed by atoms with Crippen LogP contribution < -0.4 is 10.1 Å². The smallest absolute Gasteiger partial charge is 0.124 e. The summed E-state index contributed by atoms with van der Waals surface area (Å²) in [5.41, 5.74) is 2.34. The Labute approximate surface area is 125 Å². The van der Waals surface area contributed by atoms with Crippen molar-refractivity contribution in [3.05, 3.63) is 45.4 Å². The third-order valence-electron chi connectivity index (χ3n) is 3.31. The highest BCUT2D eigenvalue weighted by molar-refractivity contribution is 7.11. The zero-order chi connectivity index (χ0) is 14.5. The molecule has 0 aliphatic rings. The lowest BCUT2D eigenvalue weighted by Crippen LogP contribution is -2.18. The first-order valence-electron chi connectivity index (χ1n) is 7.06. The van der Waals surface area contributed by atoms with Gasteiger partial charge in [0.15, 0.2) is 0 Å². The van der Waals surface area contributed by atoms with E-state index in [1.54, 1.807) is 11.3 Å². The van der Waals surface area contributed by atoms with Crippen LogP contribution in [0.4, 0.5) is 0 Å². The summed E-state index contributed by atoms with van der Waals surface area (Å²) >= 11 is 1.76. The third-order valence-corrected chi connectivity index (χ3v) is 4.39. The second-order valence-corrected chi connectivity index (χ2v) is 5.84. The lowest BCUT2D eigenvalue weighted by molar-refractivity contribution is 0.334. The summed E-state index contributed by atoms with van der Waals surface area (Å²) in [4.78, 5) is 6.08. The molecule has 0 aliphatic heterocycles. The zero-order valence-corrected chi connectivity index (χ0v) is 13.4. The van der Waals surface area contributed by atoms with Crippen LogP contribution in [0.2, 0.25) is 0 Å². The van der Waals surface area contributed by atoms with Crippen LogP contribution in [0, 0.1) is 6.92 Å². The van der Waals surface area contributed by atoms with Gasteiger partial charge in [0.2, 0.25) is 0 Å². The van der Waals surface area contributed by atoms with E-state index in [9.17, 15) is 0 Å². The molecule has 1 unspecified atom stereocenters. The highest BCUT2D eigenvalue weighted by Crippen LogP contribution is 2.33. The van der Waals surface area contributed by atoms with Gasteiger partial charge in [0.05, 0.1) is 18.3 Å². The van der Waals surface area contributed by atoms with Gasteiger partial charge in [-0.15, -0.1) is 11.3 Å². The van der Waals surface area contributed by atoms with Crippen LogP contribution >= 0.6 is 11.3 Å². The van der Waals surface area contributed by atoms with Gasteiger partial charge in [0.1, 0.15) is 10.8 Å². The van der Waals surface area contributed by atoms with Crippen LogP contribution in [0.3, 0.4) is 0 Å². The first-order chi connectivity index (χ1) is 9.71. The van der Waals surface area contributed by atoms with E-state index in [0.717, 1.165) is 22.7 Å². The Morgan fingerprint density at radius 1 is 1.30 bits per heavy atom. The second kappa shape index (κ2) is 6.86. The molecule has 20 heavy (non-hydrogen) atoms. The number of benzene rings is 1. The van der Waals surface area contributed by atoms with Crippen LogP contribution in [0.25, 0.3) is 0 Å². The maximum absolute atomic E-state index is 5.74. The van der Waals surface area contributed by atoms with E-state index in [1.165, 1.54) is 10.6 Å². The summed E-state index contributed by atoms with van der Waals surface area (Å²) in [5.74, 6) is 0.931. The molecule has 0 aliphatic carbocycles. The summed E-state index contributed by atoms with van der Waals surface area (Å²) < 4.78 is 5.74. The van der Waals surface area contributed by atoms with Gasteiger partial charge in [-0.25, -0.2) is 4.98 Å². The fourth-order valence-corrected chi connectivity index (χ4v) is 3.46. The predicted molar refractivity (Wildman–Crippen MR) is 84.7 cm³/mol. The largest absolute Gasteiger partial charge is 0.494 e. The predicted octanol–water partition coefficient (Wildman–Crippen LogP) is 3.72. The molecule has 108 valence electrons. The monoisotopic (exact) mass is 290 g/mol. The van der Waals surface area contributed by atoms with Gasteiger partial charge in [0, 0.05) is 10.4 Å². The molecule has 4 heteroatoms. The maximum atomic E-state index is 5.74. The molecular formula is C16H22N2OS. The molecule has 1 heterocycles. The first-order valence-corrected chi connectivity index (χ1v) is 7.88. The Hall–Kier alpha value is -1.39. The van der Waals surface area contributed by atoms with Gasteiger partial charge in [-0.3, -0.25) is 0 Å². The quantitative estimate of drug-likeness (QED) is 0.880. The third kappa shape index (κ3) is 3.02. The number of hydrogen-bond acceptors (Lipinski definition) is 4. The average Bonchev–Trinajstić information content (AvgIpc) is 2.83. The number of aryl methyl sites for hydroxylation is 2. The Balaban J connectivity index is 2.41. The number of para-hydroxylation sites is 1. The molecule has 0 saturated heterocycles. The molecule has 2 rings (SSSR count).